The zero-order valence-electron chi connectivity index (χ0n) is 14.2. The van der Waals surface area contributed by atoms with Crippen LogP contribution in [-0.2, 0) is 0 Å². The highest BCUT2D eigenvalue weighted by atomic mass is 14.8. The Morgan fingerprint density at radius 3 is 1.79 bits per heavy atom. The Kier molecular flexibility index (Phi) is 12.9. The molecule has 0 aliphatic carbocycles. The van der Waals surface area contributed by atoms with E-state index in [0.717, 1.165) is 0 Å². The standard InChI is InChI=1S/C18H39N/c1-5-7-8-9-10-11-12-13-14-18(3,4)15-17-19-16-6-2/h19H,5-17H2,1-4H3. The maximum atomic E-state index is 3.52. The highest BCUT2D eigenvalue weighted by Crippen LogP contribution is 2.27. The maximum absolute atomic E-state index is 3.52. The van der Waals surface area contributed by atoms with Gasteiger partial charge in [0.25, 0.3) is 0 Å². The fourth-order valence-corrected chi connectivity index (χ4v) is 2.59. The first-order valence-corrected chi connectivity index (χ1v) is 8.83. The molecule has 0 spiro atoms. The molecule has 116 valence electrons. The van der Waals surface area contributed by atoms with E-state index in [4.69, 9.17) is 0 Å². The minimum Gasteiger partial charge on any atom is -0.317 e. The van der Waals surface area contributed by atoms with E-state index in [9.17, 15) is 0 Å². The molecule has 0 aliphatic rings. The van der Waals surface area contributed by atoms with Crippen LogP contribution >= 0.6 is 0 Å². The van der Waals surface area contributed by atoms with E-state index in [1.165, 1.54) is 83.7 Å². The van der Waals surface area contributed by atoms with Crippen molar-refractivity contribution in [3.8, 4) is 0 Å². The fourth-order valence-electron chi connectivity index (χ4n) is 2.59. The van der Waals surface area contributed by atoms with E-state index in [0.29, 0.717) is 5.41 Å². The Bertz CT molecular complexity index is 175. The van der Waals surface area contributed by atoms with Gasteiger partial charge in [-0.25, -0.2) is 0 Å². The third-order valence-corrected chi connectivity index (χ3v) is 4.11. The monoisotopic (exact) mass is 269 g/mol. The summed E-state index contributed by atoms with van der Waals surface area (Å²) in [6.07, 6.45) is 15.4. The Hall–Kier alpha value is -0.0400. The van der Waals surface area contributed by atoms with E-state index in [1.54, 1.807) is 0 Å². The summed E-state index contributed by atoms with van der Waals surface area (Å²) in [6, 6.07) is 0. The minimum atomic E-state index is 0.531. The van der Waals surface area contributed by atoms with E-state index >= 15 is 0 Å². The van der Waals surface area contributed by atoms with Gasteiger partial charge in [0.05, 0.1) is 0 Å². The molecule has 0 bridgehead atoms. The molecule has 19 heavy (non-hydrogen) atoms. The summed E-state index contributed by atoms with van der Waals surface area (Å²) in [4.78, 5) is 0. The van der Waals surface area contributed by atoms with E-state index in [2.05, 4.69) is 33.0 Å². The van der Waals surface area contributed by atoms with Crippen LogP contribution in [0.25, 0.3) is 0 Å². The lowest BCUT2D eigenvalue weighted by Crippen LogP contribution is -2.23. The molecule has 0 amide bonds. The molecule has 0 aliphatic heterocycles. The highest BCUT2D eigenvalue weighted by Gasteiger charge is 2.16. The smallest absolute Gasteiger partial charge is 0.00438 e. The quantitative estimate of drug-likeness (QED) is 0.385. The number of nitrogens with one attached hydrogen (secondary N) is 1. The second-order valence-electron chi connectivity index (χ2n) is 6.89. The van der Waals surface area contributed by atoms with Gasteiger partial charge in [0.2, 0.25) is 0 Å². The van der Waals surface area contributed by atoms with Crippen LogP contribution in [0.15, 0.2) is 0 Å². The molecular formula is C18H39N. The molecule has 0 radical (unpaired) electrons. The maximum Gasteiger partial charge on any atom is -0.00438 e. The molecule has 1 heteroatoms. The van der Waals surface area contributed by atoms with Crippen molar-refractivity contribution >= 4 is 0 Å². The summed E-state index contributed by atoms with van der Waals surface area (Å²) in [6.45, 7) is 11.8. The van der Waals surface area contributed by atoms with Gasteiger partial charge in [0.1, 0.15) is 0 Å². The SMILES string of the molecule is CCCCCCCCCCC(C)(C)CCNCCC. The molecular weight excluding hydrogens is 230 g/mol. The van der Waals surface area contributed by atoms with Crippen LogP contribution in [0.3, 0.4) is 0 Å². The highest BCUT2D eigenvalue weighted by molar-refractivity contribution is 4.70. The van der Waals surface area contributed by atoms with Crippen LogP contribution in [0.2, 0.25) is 0 Å². The third-order valence-electron chi connectivity index (χ3n) is 4.11. The zero-order valence-corrected chi connectivity index (χ0v) is 14.2. The lowest BCUT2D eigenvalue weighted by atomic mass is 9.83. The van der Waals surface area contributed by atoms with Crippen LogP contribution in [-0.4, -0.2) is 13.1 Å². The predicted octanol–water partition coefficient (Wildman–Crippen LogP) is 5.93. The van der Waals surface area contributed by atoms with Gasteiger partial charge in [-0.2, -0.15) is 0 Å². The Morgan fingerprint density at radius 2 is 1.21 bits per heavy atom. The molecule has 0 saturated heterocycles. The number of hydrogen-bond donors (Lipinski definition) is 1. The fraction of sp³-hybridized carbons (Fsp3) is 1.00. The summed E-state index contributed by atoms with van der Waals surface area (Å²) in [5, 5.41) is 3.52. The van der Waals surface area contributed by atoms with Gasteiger partial charge >= 0.3 is 0 Å². The third kappa shape index (κ3) is 14.2. The molecule has 1 N–H and O–H groups in total. The van der Waals surface area contributed by atoms with Crippen molar-refractivity contribution in [2.24, 2.45) is 5.41 Å². The van der Waals surface area contributed by atoms with Crippen LogP contribution < -0.4 is 5.32 Å². The number of hydrogen-bond acceptors (Lipinski definition) is 1. The van der Waals surface area contributed by atoms with Crippen LogP contribution in [0.4, 0.5) is 0 Å². The molecule has 0 unspecified atom stereocenters. The molecule has 0 aromatic heterocycles. The normalized spacial score (nSPS) is 12.0. The zero-order chi connectivity index (χ0) is 14.4. The predicted molar refractivity (Wildman–Crippen MR) is 88.8 cm³/mol. The van der Waals surface area contributed by atoms with Gasteiger partial charge in [-0.3, -0.25) is 0 Å². The molecule has 0 rings (SSSR count). The second-order valence-corrected chi connectivity index (χ2v) is 6.89. The Balaban J connectivity index is 3.32. The molecule has 0 fully saturated rings. The van der Waals surface area contributed by atoms with Crippen LogP contribution in [0, 0.1) is 5.41 Å². The molecule has 0 atom stereocenters. The molecule has 1 nitrogen and oxygen atoms in total. The lowest BCUT2D eigenvalue weighted by molar-refractivity contribution is 0.289. The van der Waals surface area contributed by atoms with Crippen molar-refractivity contribution in [2.75, 3.05) is 13.1 Å². The van der Waals surface area contributed by atoms with E-state index < -0.39 is 0 Å². The van der Waals surface area contributed by atoms with E-state index in [-0.39, 0.29) is 0 Å². The first kappa shape index (κ1) is 19.0. The Labute approximate surface area is 122 Å². The van der Waals surface area contributed by atoms with Crippen LogP contribution in [0.1, 0.15) is 98.3 Å². The largest absolute Gasteiger partial charge is 0.317 e. The number of unbranched alkanes of at least 4 members (excludes halogenated alkanes) is 7. The summed E-state index contributed by atoms with van der Waals surface area (Å²) in [5.41, 5.74) is 0.531. The van der Waals surface area contributed by atoms with Gasteiger partial charge in [0.15, 0.2) is 0 Å². The van der Waals surface area contributed by atoms with Crippen molar-refractivity contribution < 1.29 is 0 Å². The molecule has 0 aromatic carbocycles. The van der Waals surface area contributed by atoms with Gasteiger partial charge in [0, 0.05) is 0 Å². The number of rotatable bonds is 14. The summed E-state index contributed by atoms with van der Waals surface area (Å²) >= 11 is 0. The topological polar surface area (TPSA) is 12.0 Å². The van der Waals surface area contributed by atoms with Gasteiger partial charge in [-0.15, -0.1) is 0 Å². The first-order chi connectivity index (χ1) is 9.12. The minimum absolute atomic E-state index is 0.531. The van der Waals surface area contributed by atoms with Gasteiger partial charge in [-0.1, -0.05) is 79.1 Å². The second kappa shape index (κ2) is 13.0. The van der Waals surface area contributed by atoms with Crippen molar-refractivity contribution in [3.05, 3.63) is 0 Å². The molecule has 0 saturated carbocycles. The van der Waals surface area contributed by atoms with E-state index in [1.807, 2.05) is 0 Å². The van der Waals surface area contributed by atoms with Crippen molar-refractivity contribution in [2.45, 2.75) is 98.3 Å². The summed E-state index contributed by atoms with van der Waals surface area (Å²) < 4.78 is 0. The van der Waals surface area contributed by atoms with Gasteiger partial charge < -0.3 is 5.32 Å². The first-order valence-electron chi connectivity index (χ1n) is 8.83. The molecule has 0 aromatic rings. The average Bonchev–Trinajstić information content (AvgIpc) is 2.38. The van der Waals surface area contributed by atoms with Crippen molar-refractivity contribution in [3.63, 3.8) is 0 Å². The van der Waals surface area contributed by atoms with Gasteiger partial charge in [-0.05, 0) is 37.8 Å². The lowest BCUT2D eigenvalue weighted by Gasteiger charge is -2.24. The van der Waals surface area contributed by atoms with Crippen molar-refractivity contribution in [1.29, 1.82) is 0 Å². The van der Waals surface area contributed by atoms with Crippen molar-refractivity contribution in [1.82, 2.24) is 5.32 Å². The average molecular weight is 270 g/mol. The summed E-state index contributed by atoms with van der Waals surface area (Å²) in [7, 11) is 0. The molecule has 0 heterocycles. The Morgan fingerprint density at radius 1 is 0.632 bits per heavy atom. The van der Waals surface area contributed by atoms with Crippen LogP contribution in [0.5, 0.6) is 0 Å². The summed E-state index contributed by atoms with van der Waals surface area (Å²) in [5.74, 6) is 0.